The lowest BCUT2D eigenvalue weighted by Gasteiger charge is -2.09. The average molecular weight is 319 g/mol. The minimum atomic E-state index is 0.528. The van der Waals surface area contributed by atoms with Crippen molar-refractivity contribution in [3.05, 3.63) is 71.4 Å². The van der Waals surface area contributed by atoms with Gasteiger partial charge in [0.15, 0.2) is 5.82 Å². The van der Waals surface area contributed by atoms with Gasteiger partial charge in [-0.05, 0) is 49.1 Å². The first-order chi connectivity index (χ1) is 11.7. The fourth-order valence-corrected chi connectivity index (χ4v) is 2.60. The highest BCUT2D eigenvalue weighted by Gasteiger charge is 2.02. The molecule has 2 aromatic carbocycles. The second-order valence-corrected chi connectivity index (χ2v) is 5.83. The lowest BCUT2D eigenvalue weighted by molar-refractivity contribution is 0.929. The molecule has 0 aliphatic heterocycles. The molecule has 0 spiro atoms. The summed E-state index contributed by atoms with van der Waals surface area (Å²) in [6, 6.07) is 16.6. The highest BCUT2D eigenvalue weighted by atomic mass is 15.3. The Hall–Kier alpha value is -2.95. The fraction of sp³-hybridized carbons (Fsp3) is 0.211. The van der Waals surface area contributed by atoms with Gasteiger partial charge in [0.05, 0.1) is 6.20 Å². The Balaban J connectivity index is 1.61. The van der Waals surface area contributed by atoms with Crippen LogP contribution in [-0.2, 0) is 6.42 Å². The third-order valence-electron chi connectivity index (χ3n) is 3.59. The third kappa shape index (κ3) is 4.52. The normalized spacial score (nSPS) is 10.4. The molecule has 1 heterocycles. The number of benzene rings is 2. The van der Waals surface area contributed by atoms with Crippen LogP contribution in [0.25, 0.3) is 0 Å². The summed E-state index contributed by atoms with van der Waals surface area (Å²) in [6.45, 7) is 4.92. The summed E-state index contributed by atoms with van der Waals surface area (Å²) >= 11 is 0. The summed E-state index contributed by atoms with van der Waals surface area (Å²) in [5.74, 6) is 1.21. The number of aromatic nitrogens is 3. The number of hydrogen-bond donors (Lipinski definition) is 2. The first-order valence-corrected chi connectivity index (χ1v) is 8.02. The van der Waals surface area contributed by atoms with Crippen LogP contribution in [0.2, 0.25) is 0 Å². The quantitative estimate of drug-likeness (QED) is 0.722. The Labute approximate surface area is 142 Å². The minimum absolute atomic E-state index is 0.528. The number of hydrogen-bond acceptors (Lipinski definition) is 5. The molecule has 24 heavy (non-hydrogen) atoms. The maximum Gasteiger partial charge on any atom is 0.244 e. The van der Waals surface area contributed by atoms with Crippen molar-refractivity contribution in [3.63, 3.8) is 0 Å². The Kier molecular flexibility index (Phi) is 5.01. The van der Waals surface area contributed by atoms with Gasteiger partial charge in [-0.3, -0.25) is 0 Å². The summed E-state index contributed by atoms with van der Waals surface area (Å²) in [7, 11) is 0. The molecular weight excluding hydrogens is 298 g/mol. The smallest absolute Gasteiger partial charge is 0.244 e. The molecule has 0 saturated heterocycles. The lowest BCUT2D eigenvalue weighted by atomic mass is 10.1. The van der Waals surface area contributed by atoms with Crippen molar-refractivity contribution in [1.82, 2.24) is 15.2 Å². The summed E-state index contributed by atoms with van der Waals surface area (Å²) in [5.41, 5.74) is 4.70. The Morgan fingerprint density at radius 1 is 0.958 bits per heavy atom. The molecule has 2 N–H and O–H groups in total. The zero-order valence-electron chi connectivity index (χ0n) is 14.0. The van der Waals surface area contributed by atoms with Crippen LogP contribution in [0, 0.1) is 13.8 Å². The molecule has 0 amide bonds. The van der Waals surface area contributed by atoms with E-state index in [-0.39, 0.29) is 0 Å². The van der Waals surface area contributed by atoms with Gasteiger partial charge in [0.1, 0.15) is 0 Å². The maximum absolute atomic E-state index is 4.46. The number of nitrogens with zero attached hydrogens (tertiary/aromatic N) is 3. The van der Waals surface area contributed by atoms with Crippen LogP contribution in [0.1, 0.15) is 16.7 Å². The van der Waals surface area contributed by atoms with Gasteiger partial charge in [-0.2, -0.15) is 10.1 Å². The van der Waals surface area contributed by atoms with E-state index in [1.807, 2.05) is 18.2 Å². The molecule has 0 aliphatic rings. The monoisotopic (exact) mass is 319 g/mol. The van der Waals surface area contributed by atoms with E-state index in [0.29, 0.717) is 11.8 Å². The Morgan fingerprint density at radius 2 is 1.71 bits per heavy atom. The molecule has 0 fully saturated rings. The SMILES string of the molecule is Cc1cc(C)cc(Nc2cnnc(NCCc3ccccc3)n2)c1. The highest BCUT2D eigenvalue weighted by Crippen LogP contribution is 2.18. The molecule has 0 atom stereocenters. The summed E-state index contributed by atoms with van der Waals surface area (Å²) in [4.78, 5) is 4.46. The fourth-order valence-electron chi connectivity index (χ4n) is 2.60. The molecule has 0 saturated carbocycles. The second-order valence-electron chi connectivity index (χ2n) is 5.83. The first-order valence-electron chi connectivity index (χ1n) is 8.02. The standard InChI is InChI=1S/C19H21N5/c1-14-10-15(2)12-17(11-14)22-18-13-21-24-19(23-18)20-9-8-16-6-4-3-5-7-16/h3-7,10-13H,8-9H2,1-2H3,(H2,20,22,23,24). The predicted molar refractivity (Wildman–Crippen MR) is 97.7 cm³/mol. The van der Waals surface area contributed by atoms with Crippen LogP contribution < -0.4 is 10.6 Å². The molecule has 0 bridgehead atoms. The highest BCUT2D eigenvalue weighted by molar-refractivity contribution is 5.58. The number of anilines is 3. The zero-order valence-corrected chi connectivity index (χ0v) is 14.0. The van der Waals surface area contributed by atoms with Crippen LogP contribution in [0.15, 0.2) is 54.7 Å². The maximum atomic E-state index is 4.46. The predicted octanol–water partition coefficient (Wildman–Crippen LogP) is 3.89. The van der Waals surface area contributed by atoms with E-state index in [2.05, 4.69) is 70.0 Å². The van der Waals surface area contributed by atoms with Crippen molar-refractivity contribution in [2.45, 2.75) is 20.3 Å². The molecule has 0 radical (unpaired) electrons. The number of rotatable bonds is 6. The van der Waals surface area contributed by atoms with E-state index >= 15 is 0 Å². The topological polar surface area (TPSA) is 62.7 Å². The lowest BCUT2D eigenvalue weighted by Crippen LogP contribution is -2.09. The van der Waals surface area contributed by atoms with Gasteiger partial charge in [-0.1, -0.05) is 36.4 Å². The van der Waals surface area contributed by atoms with E-state index in [4.69, 9.17) is 0 Å². The molecule has 5 heteroatoms. The molecule has 0 unspecified atom stereocenters. The molecule has 122 valence electrons. The van der Waals surface area contributed by atoms with Gasteiger partial charge in [0, 0.05) is 12.2 Å². The van der Waals surface area contributed by atoms with E-state index < -0.39 is 0 Å². The molecule has 3 rings (SSSR count). The largest absolute Gasteiger partial charge is 0.353 e. The van der Waals surface area contributed by atoms with Crippen molar-refractivity contribution in [2.75, 3.05) is 17.2 Å². The van der Waals surface area contributed by atoms with Gasteiger partial charge < -0.3 is 10.6 Å². The Morgan fingerprint density at radius 3 is 2.46 bits per heavy atom. The van der Waals surface area contributed by atoms with Gasteiger partial charge in [-0.25, -0.2) is 0 Å². The van der Waals surface area contributed by atoms with Crippen LogP contribution in [0.3, 0.4) is 0 Å². The zero-order chi connectivity index (χ0) is 16.8. The van der Waals surface area contributed by atoms with E-state index in [0.717, 1.165) is 18.7 Å². The van der Waals surface area contributed by atoms with Crippen LogP contribution >= 0.6 is 0 Å². The van der Waals surface area contributed by atoms with E-state index in [1.54, 1.807) is 6.20 Å². The summed E-state index contributed by atoms with van der Waals surface area (Å²) < 4.78 is 0. The van der Waals surface area contributed by atoms with Gasteiger partial charge in [0.25, 0.3) is 0 Å². The van der Waals surface area contributed by atoms with E-state index in [1.165, 1.54) is 16.7 Å². The van der Waals surface area contributed by atoms with Crippen molar-refractivity contribution < 1.29 is 0 Å². The molecule has 3 aromatic rings. The molecular formula is C19H21N5. The van der Waals surface area contributed by atoms with Gasteiger partial charge in [-0.15, -0.1) is 5.10 Å². The van der Waals surface area contributed by atoms with E-state index in [9.17, 15) is 0 Å². The molecule has 1 aromatic heterocycles. The summed E-state index contributed by atoms with van der Waals surface area (Å²) in [6.07, 6.45) is 2.54. The third-order valence-corrected chi connectivity index (χ3v) is 3.59. The average Bonchev–Trinajstić information content (AvgIpc) is 2.55. The molecule has 5 nitrogen and oxygen atoms in total. The van der Waals surface area contributed by atoms with Crippen molar-refractivity contribution in [1.29, 1.82) is 0 Å². The summed E-state index contributed by atoms with van der Waals surface area (Å²) in [5, 5.41) is 14.5. The van der Waals surface area contributed by atoms with Crippen molar-refractivity contribution >= 4 is 17.5 Å². The first kappa shape index (κ1) is 15.9. The number of nitrogens with one attached hydrogen (secondary N) is 2. The number of aryl methyl sites for hydroxylation is 2. The van der Waals surface area contributed by atoms with Crippen LogP contribution in [0.5, 0.6) is 0 Å². The Bertz CT molecular complexity index is 782. The van der Waals surface area contributed by atoms with Crippen molar-refractivity contribution in [2.24, 2.45) is 0 Å². The van der Waals surface area contributed by atoms with Gasteiger partial charge >= 0.3 is 0 Å². The van der Waals surface area contributed by atoms with Crippen LogP contribution in [0.4, 0.5) is 17.5 Å². The van der Waals surface area contributed by atoms with Gasteiger partial charge in [0.2, 0.25) is 5.95 Å². The molecule has 0 aliphatic carbocycles. The second kappa shape index (κ2) is 7.55. The van der Waals surface area contributed by atoms with Crippen molar-refractivity contribution in [3.8, 4) is 0 Å². The van der Waals surface area contributed by atoms with Crippen LogP contribution in [-0.4, -0.2) is 21.7 Å². The minimum Gasteiger partial charge on any atom is -0.353 e.